The molecular weight excluding hydrogens is 396 g/mol. The number of carbonyl (C=O) groups excluding carboxylic acids is 2. The number of hydrogen-bond acceptors (Lipinski definition) is 3. The molecule has 0 spiro atoms. The van der Waals surface area contributed by atoms with Crippen LogP contribution >= 0.6 is 15.9 Å². The number of amides is 1. The van der Waals surface area contributed by atoms with Crippen molar-refractivity contribution in [2.75, 3.05) is 6.61 Å². The van der Waals surface area contributed by atoms with Crippen LogP contribution in [0.2, 0.25) is 0 Å². The van der Waals surface area contributed by atoms with Crippen molar-refractivity contribution < 1.29 is 23.1 Å². The predicted octanol–water partition coefficient (Wildman–Crippen LogP) is 4.81. The van der Waals surface area contributed by atoms with Gasteiger partial charge < -0.3 is 4.74 Å². The molecule has 0 fully saturated rings. The van der Waals surface area contributed by atoms with Gasteiger partial charge in [0.2, 0.25) is 5.78 Å². The molecular formula is C18H17BrF2NO3. The average Bonchev–Trinajstić information content (AvgIpc) is 2.55. The van der Waals surface area contributed by atoms with Gasteiger partial charge in [-0.1, -0.05) is 41.4 Å². The van der Waals surface area contributed by atoms with Gasteiger partial charge in [-0.3, -0.25) is 10.1 Å². The molecule has 25 heavy (non-hydrogen) atoms. The first-order valence-electron chi connectivity index (χ1n) is 7.81. The van der Waals surface area contributed by atoms with Crippen molar-refractivity contribution in [2.24, 2.45) is 0 Å². The monoisotopic (exact) mass is 412 g/mol. The van der Waals surface area contributed by atoms with Gasteiger partial charge in [-0.2, -0.15) is 0 Å². The van der Waals surface area contributed by atoms with E-state index in [1.165, 1.54) is 6.07 Å². The first kappa shape index (κ1) is 19.3. The highest BCUT2D eigenvalue weighted by Gasteiger charge is 2.28. The summed E-state index contributed by atoms with van der Waals surface area (Å²) in [6.07, 6.45) is 4.55. The molecule has 0 atom stereocenters. The molecule has 0 heterocycles. The van der Waals surface area contributed by atoms with Crippen LogP contribution in [0.4, 0.5) is 13.6 Å². The lowest BCUT2D eigenvalue weighted by atomic mass is 9.95. The summed E-state index contributed by atoms with van der Waals surface area (Å²) in [6.45, 7) is 2.21. The molecule has 1 aromatic carbocycles. The molecule has 0 saturated heterocycles. The summed E-state index contributed by atoms with van der Waals surface area (Å²) >= 11 is 3.22. The van der Waals surface area contributed by atoms with E-state index in [2.05, 4.69) is 21.2 Å². The van der Waals surface area contributed by atoms with Crippen LogP contribution in [0, 0.1) is 18.1 Å². The van der Waals surface area contributed by atoms with E-state index in [0.717, 1.165) is 18.6 Å². The summed E-state index contributed by atoms with van der Waals surface area (Å²) in [4.78, 5) is 24.5. The molecule has 7 heteroatoms. The highest BCUT2D eigenvalue weighted by atomic mass is 79.9. The molecule has 1 radical (unpaired) electrons. The number of nitrogens with one attached hydrogen (secondary N) is 1. The van der Waals surface area contributed by atoms with Crippen molar-refractivity contribution in [3.05, 3.63) is 63.6 Å². The molecule has 2 rings (SSSR count). The third kappa shape index (κ3) is 4.75. The summed E-state index contributed by atoms with van der Waals surface area (Å²) in [5, 5.41) is 2.47. The molecule has 1 aromatic rings. The summed E-state index contributed by atoms with van der Waals surface area (Å²) < 4.78 is 33.2. The van der Waals surface area contributed by atoms with Gasteiger partial charge >= 0.3 is 6.09 Å². The Hall–Kier alpha value is -2.02. The molecule has 1 N–H and O–H groups in total. The van der Waals surface area contributed by atoms with Crippen LogP contribution in [0.25, 0.3) is 0 Å². The Kier molecular flexibility index (Phi) is 6.87. The highest BCUT2D eigenvalue weighted by Crippen LogP contribution is 2.31. The molecule has 0 aromatic heterocycles. The number of alkyl carbamates (subject to hydrolysis) is 1. The number of carbonyl (C=O) groups is 2. The lowest BCUT2D eigenvalue weighted by Crippen LogP contribution is -2.28. The fourth-order valence-electron chi connectivity index (χ4n) is 2.25. The van der Waals surface area contributed by atoms with E-state index < -0.39 is 29.1 Å². The Bertz CT molecular complexity index is 724. The van der Waals surface area contributed by atoms with Crippen LogP contribution in [-0.4, -0.2) is 18.5 Å². The molecule has 0 aliphatic heterocycles. The second-order valence-corrected chi connectivity index (χ2v) is 6.18. The number of ether oxygens (including phenoxy) is 1. The van der Waals surface area contributed by atoms with Crippen LogP contribution in [0.15, 0.2) is 40.0 Å². The Morgan fingerprint density at radius 3 is 2.60 bits per heavy atom. The van der Waals surface area contributed by atoms with Crippen molar-refractivity contribution in [1.82, 2.24) is 5.32 Å². The Balaban J connectivity index is 2.32. The minimum atomic E-state index is -0.965. The van der Waals surface area contributed by atoms with E-state index in [1.54, 1.807) is 12.5 Å². The van der Waals surface area contributed by atoms with E-state index in [-0.39, 0.29) is 17.9 Å². The maximum absolute atomic E-state index is 13.9. The topological polar surface area (TPSA) is 55.4 Å². The fourth-order valence-corrected chi connectivity index (χ4v) is 2.83. The first-order valence-corrected chi connectivity index (χ1v) is 8.61. The SMILES string of the molecule is CCCCOC(=O)NC1=C(C(=O)c2c(F)cccc2F)C(Br)=CC[CH]1. The average molecular weight is 413 g/mol. The van der Waals surface area contributed by atoms with Crippen molar-refractivity contribution in [2.45, 2.75) is 26.2 Å². The van der Waals surface area contributed by atoms with Crippen LogP contribution in [-0.2, 0) is 4.74 Å². The molecule has 0 bridgehead atoms. The van der Waals surface area contributed by atoms with Gasteiger partial charge in [-0.25, -0.2) is 13.6 Å². The normalized spacial score (nSPS) is 14.2. The van der Waals surface area contributed by atoms with Crippen molar-refractivity contribution in [3.8, 4) is 0 Å². The van der Waals surface area contributed by atoms with E-state index in [1.807, 2.05) is 6.92 Å². The number of halogens is 3. The summed E-state index contributed by atoms with van der Waals surface area (Å²) in [5.41, 5.74) is -0.539. The molecule has 133 valence electrons. The van der Waals surface area contributed by atoms with Crippen molar-refractivity contribution in [1.29, 1.82) is 0 Å². The first-order chi connectivity index (χ1) is 12.0. The zero-order valence-electron chi connectivity index (χ0n) is 13.6. The van der Waals surface area contributed by atoms with Gasteiger partial charge in [0.05, 0.1) is 17.7 Å². The van der Waals surface area contributed by atoms with E-state index in [0.29, 0.717) is 17.3 Å². The minimum Gasteiger partial charge on any atom is -0.449 e. The second kappa shape index (κ2) is 8.89. The third-order valence-electron chi connectivity index (χ3n) is 3.51. The zero-order chi connectivity index (χ0) is 18.4. The standard InChI is InChI=1S/C18H17BrF2NO3/c1-2-3-10-25-18(24)22-14-9-4-6-11(19)15(14)17(23)16-12(20)7-5-8-13(16)21/h5-9H,2-4,10H2,1H3,(H,22,24). The third-order valence-corrected chi connectivity index (χ3v) is 4.23. The minimum absolute atomic E-state index is 0.0253. The second-order valence-electron chi connectivity index (χ2n) is 5.32. The summed E-state index contributed by atoms with van der Waals surface area (Å²) in [6, 6.07) is 3.19. The maximum atomic E-state index is 13.9. The Morgan fingerprint density at radius 1 is 1.28 bits per heavy atom. The summed E-state index contributed by atoms with van der Waals surface area (Å²) in [7, 11) is 0. The Morgan fingerprint density at radius 2 is 1.96 bits per heavy atom. The van der Waals surface area contributed by atoms with Crippen molar-refractivity contribution >= 4 is 27.8 Å². The van der Waals surface area contributed by atoms with E-state index >= 15 is 0 Å². The molecule has 1 aliphatic rings. The maximum Gasteiger partial charge on any atom is 0.411 e. The van der Waals surface area contributed by atoms with E-state index in [4.69, 9.17) is 4.74 Å². The Labute approximate surface area is 153 Å². The number of unbranched alkanes of at least 4 members (excludes halogenated alkanes) is 1. The highest BCUT2D eigenvalue weighted by molar-refractivity contribution is 9.12. The number of hydrogen-bond donors (Lipinski definition) is 1. The number of benzene rings is 1. The molecule has 0 saturated carbocycles. The van der Waals surface area contributed by atoms with Gasteiger partial charge in [-0.15, -0.1) is 0 Å². The van der Waals surface area contributed by atoms with Gasteiger partial charge in [0.25, 0.3) is 0 Å². The molecule has 4 nitrogen and oxygen atoms in total. The van der Waals surface area contributed by atoms with Gasteiger partial charge in [0.15, 0.2) is 0 Å². The number of allylic oxidation sites excluding steroid dienone is 4. The van der Waals surface area contributed by atoms with Crippen LogP contribution in [0.5, 0.6) is 0 Å². The quantitative estimate of drug-likeness (QED) is 0.538. The number of ketones is 1. The van der Waals surface area contributed by atoms with Gasteiger partial charge in [-0.05, 0) is 25.0 Å². The van der Waals surface area contributed by atoms with Gasteiger partial charge in [0.1, 0.15) is 11.6 Å². The smallest absolute Gasteiger partial charge is 0.411 e. The van der Waals surface area contributed by atoms with Crippen LogP contribution < -0.4 is 5.32 Å². The lowest BCUT2D eigenvalue weighted by molar-refractivity contribution is 0.102. The largest absolute Gasteiger partial charge is 0.449 e. The molecule has 1 aliphatic carbocycles. The number of Topliss-reactive ketones (excluding diaryl/α,β-unsaturated/α-hetero) is 1. The van der Waals surface area contributed by atoms with Crippen LogP contribution in [0.1, 0.15) is 36.5 Å². The van der Waals surface area contributed by atoms with Crippen molar-refractivity contribution in [3.63, 3.8) is 0 Å². The lowest BCUT2D eigenvalue weighted by Gasteiger charge is -2.19. The van der Waals surface area contributed by atoms with Crippen LogP contribution in [0.3, 0.4) is 0 Å². The molecule has 0 unspecified atom stereocenters. The zero-order valence-corrected chi connectivity index (χ0v) is 15.2. The number of rotatable bonds is 6. The van der Waals surface area contributed by atoms with E-state index in [9.17, 15) is 18.4 Å². The molecule has 1 amide bonds. The van der Waals surface area contributed by atoms with Gasteiger partial charge in [0, 0.05) is 16.6 Å². The fraction of sp³-hybridized carbons (Fsp3) is 0.278. The summed E-state index contributed by atoms with van der Waals surface area (Å²) in [5.74, 6) is -2.79. The predicted molar refractivity (Wildman–Crippen MR) is 93.0 cm³/mol.